The van der Waals surface area contributed by atoms with Crippen molar-refractivity contribution in [2.75, 3.05) is 5.32 Å². The van der Waals surface area contributed by atoms with Gasteiger partial charge in [0.25, 0.3) is 5.91 Å². The molecule has 0 spiro atoms. The zero-order valence-electron chi connectivity index (χ0n) is 21.1. The fourth-order valence-corrected chi connectivity index (χ4v) is 5.22. The van der Waals surface area contributed by atoms with Crippen molar-refractivity contribution in [1.82, 2.24) is 9.55 Å². The van der Waals surface area contributed by atoms with Gasteiger partial charge in [-0.2, -0.15) is 0 Å². The van der Waals surface area contributed by atoms with Crippen molar-refractivity contribution in [3.8, 4) is 5.75 Å². The summed E-state index contributed by atoms with van der Waals surface area (Å²) in [6.45, 7) is 10.1. The number of carboxylic acids is 1. The quantitative estimate of drug-likeness (QED) is 0.276. The van der Waals surface area contributed by atoms with Crippen molar-refractivity contribution in [2.24, 2.45) is 0 Å². The molecule has 3 rings (SSSR count). The summed E-state index contributed by atoms with van der Waals surface area (Å²) in [4.78, 5) is 29.4. The second kappa shape index (κ2) is 11.2. The monoisotopic (exact) mass is 497 g/mol. The number of aryl methyl sites for hydroxylation is 1. The predicted molar refractivity (Wildman–Crippen MR) is 142 cm³/mol. The van der Waals surface area contributed by atoms with E-state index in [2.05, 4.69) is 22.9 Å². The lowest BCUT2D eigenvalue weighted by molar-refractivity contribution is -0.138. The molecule has 0 saturated carbocycles. The molecule has 0 aliphatic heterocycles. The maximum atomic E-state index is 13.2. The second-order valence-corrected chi connectivity index (χ2v) is 11.3. The zero-order valence-corrected chi connectivity index (χ0v) is 21.9. The van der Waals surface area contributed by atoms with Crippen molar-refractivity contribution < 1.29 is 19.8 Å². The number of nitrogens with zero attached hydrogens (tertiary/aromatic N) is 2. The fourth-order valence-electron chi connectivity index (χ4n) is 4.02. The first-order valence-corrected chi connectivity index (χ1v) is 12.9. The van der Waals surface area contributed by atoms with Gasteiger partial charge in [-0.25, -0.2) is 4.98 Å². The van der Waals surface area contributed by atoms with Gasteiger partial charge in [-0.05, 0) is 64.3 Å². The first-order chi connectivity index (χ1) is 16.5. The number of carbonyl (C=O) groups is 2. The molecule has 2 aromatic rings. The lowest BCUT2D eigenvalue weighted by Gasteiger charge is -2.25. The zero-order chi connectivity index (χ0) is 25.8. The standard InChI is InChI=1S/C27H35N3O4S/c1-6-7-8-15-30-18(3)23(25(32)28-22-14-11-20(31)16-17(22)2)29-24(30)19-9-12-21(13-10-19)35-27(4,5)26(33)34/h9-12,14,16,21,31H,6-8,13,15H2,1-5H3,(H,28,32)(H,33,34). The first kappa shape index (κ1) is 26.6. The highest BCUT2D eigenvalue weighted by atomic mass is 32.2. The van der Waals surface area contributed by atoms with Gasteiger partial charge in [0, 0.05) is 28.7 Å². The van der Waals surface area contributed by atoms with E-state index in [1.165, 1.54) is 11.8 Å². The normalized spacial score (nSPS) is 15.7. The Kier molecular flexibility index (Phi) is 8.48. The van der Waals surface area contributed by atoms with Crippen molar-refractivity contribution >= 4 is 34.9 Å². The molecule has 0 fully saturated rings. The van der Waals surface area contributed by atoms with E-state index < -0.39 is 10.7 Å². The van der Waals surface area contributed by atoms with Crippen LogP contribution in [-0.2, 0) is 11.3 Å². The third-order valence-corrected chi connectivity index (χ3v) is 7.58. The number of aromatic nitrogens is 2. The SMILES string of the molecule is CCCCCn1c(C2=CCC(SC(C)(C)C(=O)O)C=C2)nc(C(=O)Nc2ccc(O)cc2C)c1C. The molecule has 0 radical (unpaired) electrons. The number of carbonyl (C=O) groups excluding carboxylic acids is 1. The summed E-state index contributed by atoms with van der Waals surface area (Å²) in [5.74, 6) is -0.210. The first-order valence-electron chi connectivity index (χ1n) is 12.0. The van der Waals surface area contributed by atoms with Gasteiger partial charge in [0.1, 0.15) is 22.0 Å². The summed E-state index contributed by atoms with van der Waals surface area (Å²) < 4.78 is 1.24. The number of imidazole rings is 1. The van der Waals surface area contributed by atoms with Gasteiger partial charge in [0.2, 0.25) is 0 Å². The molecular weight excluding hydrogens is 462 g/mol. The minimum absolute atomic E-state index is 0.0645. The Balaban J connectivity index is 1.87. The lowest BCUT2D eigenvalue weighted by Crippen LogP contribution is -2.29. The number of aliphatic carboxylic acids is 1. The molecule has 1 atom stereocenters. The van der Waals surface area contributed by atoms with Crippen LogP contribution >= 0.6 is 11.8 Å². The van der Waals surface area contributed by atoms with Crippen molar-refractivity contribution in [3.05, 3.63) is 59.2 Å². The highest BCUT2D eigenvalue weighted by Gasteiger charge is 2.31. The fraction of sp³-hybridized carbons (Fsp3) is 0.444. The van der Waals surface area contributed by atoms with Crippen LogP contribution in [0.5, 0.6) is 5.75 Å². The number of hydrogen-bond donors (Lipinski definition) is 3. The number of nitrogens with one attached hydrogen (secondary N) is 1. The van der Waals surface area contributed by atoms with Crippen molar-refractivity contribution in [3.63, 3.8) is 0 Å². The minimum Gasteiger partial charge on any atom is -0.508 e. The van der Waals surface area contributed by atoms with Crippen LogP contribution in [0.4, 0.5) is 5.69 Å². The molecule has 1 aromatic heterocycles. The van der Waals surface area contributed by atoms with Gasteiger partial charge >= 0.3 is 5.97 Å². The number of aromatic hydroxyl groups is 1. The molecule has 35 heavy (non-hydrogen) atoms. The lowest BCUT2D eigenvalue weighted by atomic mass is 10.1. The van der Waals surface area contributed by atoms with Crippen LogP contribution in [0, 0.1) is 13.8 Å². The smallest absolute Gasteiger partial charge is 0.319 e. The summed E-state index contributed by atoms with van der Waals surface area (Å²) in [6.07, 6.45) is 9.97. The van der Waals surface area contributed by atoms with Crippen LogP contribution in [0.2, 0.25) is 0 Å². The molecule has 1 unspecified atom stereocenters. The van der Waals surface area contributed by atoms with Crippen molar-refractivity contribution in [2.45, 2.75) is 76.8 Å². The highest BCUT2D eigenvalue weighted by Crippen LogP contribution is 2.35. The summed E-state index contributed by atoms with van der Waals surface area (Å²) in [7, 11) is 0. The molecule has 1 heterocycles. The van der Waals surface area contributed by atoms with Crippen molar-refractivity contribution in [1.29, 1.82) is 0 Å². The van der Waals surface area contributed by atoms with Gasteiger partial charge in [0.15, 0.2) is 0 Å². The van der Waals surface area contributed by atoms with E-state index in [0.717, 1.165) is 48.5 Å². The largest absolute Gasteiger partial charge is 0.508 e. The van der Waals surface area contributed by atoms with Crippen LogP contribution in [0.1, 0.15) is 74.0 Å². The second-order valence-electron chi connectivity index (χ2n) is 9.41. The number of carboxylic acid groups (broad SMARTS) is 1. The Morgan fingerprint density at radius 2 is 2.00 bits per heavy atom. The number of benzene rings is 1. The molecule has 8 heteroatoms. The number of unbranched alkanes of at least 4 members (excludes halogenated alkanes) is 2. The van der Waals surface area contributed by atoms with Gasteiger partial charge in [-0.1, -0.05) is 38.0 Å². The summed E-state index contributed by atoms with van der Waals surface area (Å²) in [5, 5.41) is 22.1. The molecule has 188 valence electrons. The van der Waals surface area contributed by atoms with E-state index in [1.54, 1.807) is 32.0 Å². The van der Waals surface area contributed by atoms with Gasteiger partial charge < -0.3 is 20.1 Å². The van der Waals surface area contributed by atoms with E-state index in [4.69, 9.17) is 4.98 Å². The summed E-state index contributed by atoms with van der Waals surface area (Å²) in [5.41, 5.74) is 3.52. The Bertz CT molecular complexity index is 1160. The highest BCUT2D eigenvalue weighted by molar-refractivity contribution is 8.02. The van der Waals surface area contributed by atoms with Crippen LogP contribution in [0.25, 0.3) is 5.57 Å². The third-order valence-electron chi connectivity index (χ3n) is 6.16. The van der Waals surface area contributed by atoms with Gasteiger partial charge in [-0.3, -0.25) is 9.59 Å². The van der Waals surface area contributed by atoms with Gasteiger partial charge in [-0.15, -0.1) is 11.8 Å². The molecular formula is C27H35N3O4S. The van der Waals surface area contributed by atoms with Crippen LogP contribution in [-0.4, -0.2) is 41.6 Å². The number of allylic oxidation sites excluding steroid dienone is 3. The number of amides is 1. The van der Waals surface area contributed by atoms with E-state index in [9.17, 15) is 19.8 Å². The average Bonchev–Trinajstić information content (AvgIpc) is 3.12. The molecule has 1 aliphatic carbocycles. The summed E-state index contributed by atoms with van der Waals surface area (Å²) >= 11 is 1.43. The minimum atomic E-state index is -0.868. The Morgan fingerprint density at radius 1 is 1.26 bits per heavy atom. The molecule has 0 bridgehead atoms. The number of phenols is 1. The van der Waals surface area contributed by atoms with E-state index in [0.29, 0.717) is 17.8 Å². The molecule has 1 aliphatic rings. The number of rotatable bonds is 10. The molecule has 7 nitrogen and oxygen atoms in total. The predicted octanol–water partition coefficient (Wildman–Crippen LogP) is 5.96. The number of phenolic OH excluding ortho intramolecular Hbond substituents is 1. The Labute approximate surface area is 211 Å². The maximum absolute atomic E-state index is 13.2. The number of thioether (sulfide) groups is 1. The summed E-state index contributed by atoms with van der Waals surface area (Å²) in [6, 6.07) is 4.83. The van der Waals surface area contributed by atoms with Crippen LogP contribution in [0.3, 0.4) is 0 Å². The number of hydrogen-bond acceptors (Lipinski definition) is 5. The molecule has 0 saturated heterocycles. The third kappa shape index (κ3) is 6.36. The molecule has 1 aromatic carbocycles. The van der Waals surface area contributed by atoms with E-state index in [-0.39, 0.29) is 16.9 Å². The Morgan fingerprint density at radius 3 is 2.60 bits per heavy atom. The topological polar surface area (TPSA) is 104 Å². The molecule has 1 amide bonds. The molecule has 3 N–H and O–H groups in total. The average molecular weight is 498 g/mol. The van der Waals surface area contributed by atoms with Crippen LogP contribution in [0.15, 0.2) is 36.4 Å². The van der Waals surface area contributed by atoms with Gasteiger partial charge in [0.05, 0.1) is 0 Å². The van der Waals surface area contributed by atoms with E-state index in [1.807, 2.05) is 26.0 Å². The van der Waals surface area contributed by atoms with E-state index >= 15 is 0 Å². The number of anilines is 1. The van der Waals surface area contributed by atoms with Crippen LogP contribution < -0.4 is 5.32 Å². The Hall–Kier alpha value is -3.00. The maximum Gasteiger partial charge on any atom is 0.319 e.